The highest BCUT2D eigenvalue weighted by molar-refractivity contribution is 9.09. The zero-order valence-corrected chi connectivity index (χ0v) is 12.4. The van der Waals surface area contributed by atoms with E-state index in [1.54, 1.807) is 6.07 Å². The van der Waals surface area contributed by atoms with E-state index in [1.165, 1.54) is 6.07 Å². The van der Waals surface area contributed by atoms with Gasteiger partial charge in [0, 0.05) is 18.4 Å². The summed E-state index contributed by atoms with van der Waals surface area (Å²) in [6.45, 7) is 8.21. The van der Waals surface area contributed by atoms with Gasteiger partial charge in [-0.25, -0.2) is 4.39 Å². The number of hydrogen-bond donors (Lipinski definition) is 0. The van der Waals surface area contributed by atoms with E-state index in [0.29, 0.717) is 17.5 Å². The van der Waals surface area contributed by atoms with Crippen LogP contribution < -0.4 is 4.90 Å². The first-order valence-electron chi connectivity index (χ1n) is 6.15. The van der Waals surface area contributed by atoms with Crippen LogP contribution in [0, 0.1) is 17.7 Å². The quantitative estimate of drug-likeness (QED) is 0.707. The molecule has 0 N–H and O–H groups in total. The zero-order valence-electron chi connectivity index (χ0n) is 10.8. The Morgan fingerprint density at radius 2 is 1.94 bits per heavy atom. The van der Waals surface area contributed by atoms with Crippen molar-refractivity contribution in [3.8, 4) is 0 Å². The Morgan fingerprint density at radius 1 is 1.29 bits per heavy atom. The molecule has 0 heterocycles. The minimum atomic E-state index is -0.133. The van der Waals surface area contributed by atoms with Crippen molar-refractivity contribution < 1.29 is 4.39 Å². The van der Waals surface area contributed by atoms with Crippen LogP contribution >= 0.6 is 15.9 Å². The second-order valence-electron chi connectivity index (χ2n) is 4.65. The molecular weight excluding hydrogens is 281 g/mol. The van der Waals surface area contributed by atoms with Crippen molar-refractivity contribution >= 4 is 21.6 Å². The fourth-order valence-corrected chi connectivity index (χ4v) is 2.78. The Labute approximate surface area is 112 Å². The van der Waals surface area contributed by atoms with E-state index in [-0.39, 0.29) is 5.82 Å². The van der Waals surface area contributed by atoms with Crippen LogP contribution in [0.5, 0.6) is 0 Å². The van der Waals surface area contributed by atoms with Crippen molar-refractivity contribution in [3.63, 3.8) is 0 Å². The van der Waals surface area contributed by atoms with Gasteiger partial charge in [-0.1, -0.05) is 41.9 Å². The molecule has 0 saturated carbocycles. The van der Waals surface area contributed by atoms with Gasteiger partial charge >= 0.3 is 0 Å². The number of rotatable bonds is 6. The first kappa shape index (κ1) is 14.5. The molecule has 0 aromatic heterocycles. The van der Waals surface area contributed by atoms with Crippen molar-refractivity contribution in [2.45, 2.75) is 20.8 Å². The van der Waals surface area contributed by atoms with Gasteiger partial charge in [0.15, 0.2) is 0 Å². The monoisotopic (exact) mass is 301 g/mol. The van der Waals surface area contributed by atoms with Crippen molar-refractivity contribution in [2.75, 3.05) is 23.3 Å². The molecule has 1 nitrogen and oxygen atoms in total. The van der Waals surface area contributed by atoms with E-state index in [0.717, 1.165) is 18.4 Å². The molecule has 1 unspecified atom stereocenters. The highest BCUT2D eigenvalue weighted by Gasteiger charge is 2.17. The highest BCUT2D eigenvalue weighted by Crippen LogP contribution is 2.22. The first-order chi connectivity index (χ1) is 8.10. The molecule has 0 radical (unpaired) electrons. The average molecular weight is 302 g/mol. The number of alkyl halides is 1. The lowest BCUT2D eigenvalue weighted by Crippen LogP contribution is -2.33. The summed E-state index contributed by atoms with van der Waals surface area (Å²) in [4.78, 5) is 2.11. The van der Waals surface area contributed by atoms with Crippen LogP contribution in [0.4, 0.5) is 10.1 Å². The first-order valence-corrected chi connectivity index (χ1v) is 7.27. The molecule has 0 spiro atoms. The number of benzene rings is 1. The summed E-state index contributed by atoms with van der Waals surface area (Å²) in [6.07, 6.45) is 0. The molecule has 0 fully saturated rings. The smallest absolute Gasteiger partial charge is 0.146 e. The topological polar surface area (TPSA) is 3.24 Å². The summed E-state index contributed by atoms with van der Waals surface area (Å²) in [6, 6.07) is 7.00. The van der Waals surface area contributed by atoms with Crippen LogP contribution in [-0.2, 0) is 0 Å². The van der Waals surface area contributed by atoms with E-state index < -0.39 is 0 Å². The van der Waals surface area contributed by atoms with Gasteiger partial charge in [-0.15, -0.1) is 0 Å². The van der Waals surface area contributed by atoms with E-state index in [1.807, 2.05) is 12.1 Å². The van der Waals surface area contributed by atoms with Gasteiger partial charge in [0.25, 0.3) is 0 Å². The summed E-state index contributed by atoms with van der Waals surface area (Å²) >= 11 is 3.54. The molecule has 0 aliphatic carbocycles. The number of anilines is 1. The molecule has 1 atom stereocenters. The van der Waals surface area contributed by atoms with E-state index in [2.05, 4.69) is 41.6 Å². The molecule has 0 saturated heterocycles. The second kappa shape index (κ2) is 7.00. The van der Waals surface area contributed by atoms with Gasteiger partial charge in [-0.2, -0.15) is 0 Å². The minimum Gasteiger partial charge on any atom is -0.369 e. The average Bonchev–Trinajstić information content (AvgIpc) is 2.31. The molecule has 0 amide bonds. The Hall–Kier alpha value is -0.570. The number of hydrogen-bond acceptors (Lipinski definition) is 1. The van der Waals surface area contributed by atoms with Gasteiger partial charge in [-0.05, 0) is 30.9 Å². The molecule has 1 aromatic rings. The molecule has 1 rings (SSSR count). The second-order valence-corrected chi connectivity index (χ2v) is 5.30. The molecule has 1 aromatic carbocycles. The third kappa shape index (κ3) is 3.98. The lowest BCUT2D eigenvalue weighted by atomic mass is 9.97. The molecule has 96 valence electrons. The Morgan fingerprint density at radius 3 is 2.41 bits per heavy atom. The van der Waals surface area contributed by atoms with Crippen molar-refractivity contribution in [3.05, 3.63) is 30.1 Å². The maximum Gasteiger partial charge on any atom is 0.146 e. The normalized spacial score (nSPS) is 12.8. The summed E-state index contributed by atoms with van der Waals surface area (Å²) in [5, 5.41) is 0.954. The van der Waals surface area contributed by atoms with Gasteiger partial charge in [0.1, 0.15) is 5.82 Å². The molecular formula is C14H21BrFN. The van der Waals surface area contributed by atoms with Crippen LogP contribution in [0.1, 0.15) is 20.8 Å². The zero-order chi connectivity index (χ0) is 12.8. The van der Waals surface area contributed by atoms with Gasteiger partial charge in [0.05, 0.1) is 5.69 Å². The number of nitrogens with zero attached hydrogens (tertiary/aromatic N) is 1. The standard InChI is InChI=1S/C14H21BrFN/c1-4-17(10-12(9-15)11(2)3)14-8-6-5-7-13(14)16/h5-8,11-12H,4,9-10H2,1-3H3. The molecule has 3 heteroatoms. The predicted octanol–water partition coefficient (Wildman–Crippen LogP) is 4.32. The van der Waals surface area contributed by atoms with Crippen LogP contribution in [0.15, 0.2) is 24.3 Å². The Bertz CT molecular complexity index is 341. The van der Waals surface area contributed by atoms with Crippen LogP contribution in [0.25, 0.3) is 0 Å². The third-order valence-corrected chi connectivity index (χ3v) is 4.00. The van der Waals surface area contributed by atoms with Crippen molar-refractivity contribution in [2.24, 2.45) is 11.8 Å². The van der Waals surface area contributed by atoms with Crippen molar-refractivity contribution in [1.82, 2.24) is 0 Å². The summed E-state index contributed by atoms with van der Waals surface area (Å²) in [5.41, 5.74) is 0.710. The summed E-state index contributed by atoms with van der Waals surface area (Å²) in [7, 11) is 0. The molecule has 0 aliphatic rings. The fourth-order valence-electron chi connectivity index (χ4n) is 1.83. The van der Waals surface area contributed by atoms with Gasteiger partial charge < -0.3 is 4.90 Å². The maximum atomic E-state index is 13.7. The number of para-hydroxylation sites is 1. The largest absolute Gasteiger partial charge is 0.369 e. The lowest BCUT2D eigenvalue weighted by Gasteiger charge is -2.29. The molecule has 17 heavy (non-hydrogen) atoms. The van der Waals surface area contributed by atoms with E-state index in [9.17, 15) is 4.39 Å². The number of halogens is 2. The van der Waals surface area contributed by atoms with Crippen LogP contribution in [-0.4, -0.2) is 18.4 Å². The molecule has 0 aliphatic heterocycles. The minimum absolute atomic E-state index is 0.133. The lowest BCUT2D eigenvalue weighted by molar-refractivity contribution is 0.425. The van der Waals surface area contributed by atoms with E-state index in [4.69, 9.17) is 0 Å². The summed E-state index contributed by atoms with van der Waals surface area (Å²) in [5.74, 6) is 0.996. The van der Waals surface area contributed by atoms with E-state index >= 15 is 0 Å². The molecule has 0 bridgehead atoms. The fraction of sp³-hybridized carbons (Fsp3) is 0.571. The van der Waals surface area contributed by atoms with Crippen LogP contribution in [0.3, 0.4) is 0 Å². The Balaban J connectivity index is 2.82. The summed E-state index contributed by atoms with van der Waals surface area (Å²) < 4.78 is 13.7. The maximum absolute atomic E-state index is 13.7. The van der Waals surface area contributed by atoms with Gasteiger partial charge in [-0.3, -0.25) is 0 Å². The third-order valence-electron chi connectivity index (χ3n) is 3.17. The van der Waals surface area contributed by atoms with Gasteiger partial charge in [0.2, 0.25) is 0 Å². The van der Waals surface area contributed by atoms with Crippen molar-refractivity contribution in [1.29, 1.82) is 0 Å². The highest BCUT2D eigenvalue weighted by atomic mass is 79.9. The SMILES string of the molecule is CCN(CC(CBr)C(C)C)c1ccccc1F. The Kier molecular flexibility index (Phi) is 5.96. The predicted molar refractivity (Wildman–Crippen MR) is 76.4 cm³/mol. The van der Waals surface area contributed by atoms with Crippen LogP contribution in [0.2, 0.25) is 0 Å².